The molecule has 10 heteroatoms. The van der Waals surface area contributed by atoms with Crippen LogP contribution in [-0.2, 0) is 20.4 Å². The molecule has 1 N–H and O–H groups in total. The lowest BCUT2D eigenvalue weighted by molar-refractivity contribution is -0.384. The molecule has 29 heavy (non-hydrogen) atoms. The number of hydrogen-bond acceptors (Lipinski definition) is 7. The molecule has 1 amide bonds. The Morgan fingerprint density at radius 3 is 2.45 bits per heavy atom. The van der Waals surface area contributed by atoms with Crippen molar-refractivity contribution in [3.63, 3.8) is 0 Å². The molecule has 2 aromatic carbocycles. The van der Waals surface area contributed by atoms with Crippen molar-refractivity contribution in [2.45, 2.75) is 12.2 Å². The van der Waals surface area contributed by atoms with Gasteiger partial charge >= 0.3 is 0 Å². The first-order valence-electron chi connectivity index (χ1n) is 8.57. The van der Waals surface area contributed by atoms with Crippen molar-refractivity contribution in [3.8, 4) is 11.3 Å². The Labute approximate surface area is 171 Å². The van der Waals surface area contributed by atoms with Crippen molar-refractivity contribution in [2.24, 2.45) is 0 Å². The molecule has 0 unspecified atom stereocenters. The topological polar surface area (TPSA) is 119 Å². The first kappa shape index (κ1) is 20.6. The predicted octanol–water partition coefficient (Wildman–Crippen LogP) is 3.66. The molecule has 0 aliphatic heterocycles. The molecule has 0 radical (unpaired) electrons. The third kappa shape index (κ3) is 5.93. The van der Waals surface area contributed by atoms with Gasteiger partial charge < -0.3 is 5.32 Å². The largest absolute Gasteiger partial charge is 0.302 e. The minimum Gasteiger partial charge on any atom is -0.302 e. The summed E-state index contributed by atoms with van der Waals surface area (Å²) in [4.78, 5) is 26.6. The summed E-state index contributed by atoms with van der Waals surface area (Å²) in [5.74, 6) is -0.803. The lowest BCUT2D eigenvalue weighted by atomic mass is 10.1. The quantitative estimate of drug-likeness (QED) is 0.429. The van der Waals surface area contributed by atoms with Gasteiger partial charge in [-0.25, -0.2) is 13.4 Å². The number of rotatable bonds is 8. The standard InChI is InChI=1S/C19H17N3O5S2/c23-18(10-11-29(26,27)13-14-4-2-1-3-5-14)21-19-20-17(12-28-19)15-6-8-16(9-7-15)22(24)25/h1-9,12H,10-11,13H2,(H,20,21,23). The molecule has 3 rings (SSSR count). The van der Waals surface area contributed by atoms with Crippen LogP contribution in [0.4, 0.5) is 10.8 Å². The highest BCUT2D eigenvalue weighted by Gasteiger charge is 2.16. The fourth-order valence-corrected chi connectivity index (χ4v) is 4.62. The van der Waals surface area contributed by atoms with Gasteiger partial charge in [0.25, 0.3) is 5.69 Å². The van der Waals surface area contributed by atoms with Crippen LogP contribution in [0.3, 0.4) is 0 Å². The molecule has 0 aliphatic rings. The highest BCUT2D eigenvalue weighted by Crippen LogP contribution is 2.26. The number of nitro benzene ring substituents is 1. The van der Waals surface area contributed by atoms with E-state index in [1.807, 2.05) is 6.07 Å². The van der Waals surface area contributed by atoms with Crippen LogP contribution in [0.15, 0.2) is 60.0 Å². The number of aromatic nitrogens is 1. The first-order valence-corrected chi connectivity index (χ1v) is 11.3. The van der Waals surface area contributed by atoms with E-state index >= 15 is 0 Å². The number of anilines is 1. The summed E-state index contributed by atoms with van der Waals surface area (Å²) in [5.41, 5.74) is 1.91. The first-order chi connectivity index (χ1) is 13.8. The smallest absolute Gasteiger partial charge is 0.269 e. The molecule has 0 saturated carbocycles. The van der Waals surface area contributed by atoms with Gasteiger partial charge in [-0.3, -0.25) is 14.9 Å². The summed E-state index contributed by atoms with van der Waals surface area (Å²) in [6.45, 7) is 0. The zero-order valence-electron chi connectivity index (χ0n) is 15.1. The average molecular weight is 431 g/mol. The van der Waals surface area contributed by atoms with E-state index in [0.717, 1.165) is 0 Å². The maximum atomic E-state index is 12.2. The number of sulfone groups is 1. The van der Waals surface area contributed by atoms with Crippen LogP contribution in [-0.4, -0.2) is 30.0 Å². The molecule has 0 bridgehead atoms. The van der Waals surface area contributed by atoms with Gasteiger partial charge in [-0.2, -0.15) is 0 Å². The van der Waals surface area contributed by atoms with Gasteiger partial charge in [0.2, 0.25) is 5.91 Å². The molecule has 1 aromatic heterocycles. The number of nitro groups is 1. The summed E-state index contributed by atoms with van der Waals surface area (Å²) >= 11 is 1.19. The van der Waals surface area contributed by atoms with Gasteiger partial charge in [-0.05, 0) is 17.7 Å². The van der Waals surface area contributed by atoms with Gasteiger partial charge in [0.15, 0.2) is 15.0 Å². The average Bonchev–Trinajstić information content (AvgIpc) is 3.15. The highest BCUT2D eigenvalue weighted by atomic mass is 32.2. The Bertz CT molecular complexity index is 1110. The molecular weight excluding hydrogens is 414 g/mol. The van der Waals surface area contributed by atoms with Crippen LogP contribution >= 0.6 is 11.3 Å². The van der Waals surface area contributed by atoms with E-state index in [0.29, 0.717) is 22.0 Å². The molecule has 0 saturated heterocycles. The van der Waals surface area contributed by atoms with E-state index in [9.17, 15) is 23.3 Å². The summed E-state index contributed by atoms with van der Waals surface area (Å²) in [5, 5.41) is 15.4. The second-order valence-electron chi connectivity index (χ2n) is 6.22. The van der Waals surface area contributed by atoms with E-state index in [-0.39, 0.29) is 23.6 Å². The Morgan fingerprint density at radius 1 is 1.10 bits per heavy atom. The highest BCUT2D eigenvalue weighted by molar-refractivity contribution is 7.90. The number of carbonyl (C=O) groups excluding carboxylic acids is 1. The molecule has 0 spiro atoms. The van der Waals surface area contributed by atoms with Gasteiger partial charge in [-0.15, -0.1) is 11.3 Å². The maximum absolute atomic E-state index is 12.2. The number of hydrogen-bond donors (Lipinski definition) is 1. The zero-order chi connectivity index (χ0) is 20.9. The number of benzene rings is 2. The molecular formula is C19H17N3O5S2. The second kappa shape index (κ2) is 8.93. The van der Waals surface area contributed by atoms with Crippen LogP contribution in [0.25, 0.3) is 11.3 Å². The molecule has 0 aliphatic carbocycles. The van der Waals surface area contributed by atoms with Gasteiger partial charge in [-0.1, -0.05) is 30.3 Å². The summed E-state index contributed by atoms with van der Waals surface area (Å²) in [7, 11) is -3.40. The molecule has 1 heterocycles. The van der Waals surface area contributed by atoms with E-state index in [1.165, 1.54) is 23.5 Å². The molecule has 0 atom stereocenters. The fourth-order valence-electron chi connectivity index (χ4n) is 2.55. The lowest BCUT2D eigenvalue weighted by Gasteiger charge is -2.05. The summed E-state index contributed by atoms with van der Waals surface area (Å²) in [6.07, 6.45) is -0.165. The predicted molar refractivity (Wildman–Crippen MR) is 111 cm³/mol. The van der Waals surface area contributed by atoms with Crippen LogP contribution < -0.4 is 5.32 Å². The third-order valence-electron chi connectivity index (χ3n) is 3.99. The Morgan fingerprint density at radius 2 is 1.79 bits per heavy atom. The number of nitrogens with zero attached hydrogens (tertiary/aromatic N) is 2. The van der Waals surface area contributed by atoms with Crippen LogP contribution in [0.1, 0.15) is 12.0 Å². The van der Waals surface area contributed by atoms with Crippen LogP contribution in [0.2, 0.25) is 0 Å². The number of non-ortho nitro benzene ring substituents is 1. The fraction of sp³-hybridized carbons (Fsp3) is 0.158. The van der Waals surface area contributed by atoms with Crippen molar-refractivity contribution in [3.05, 3.63) is 75.7 Å². The van der Waals surface area contributed by atoms with E-state index in [4.69, 9.17) is 0 Å². The second-order valence-corrected chi connectivity index (χ2v) is 9.26. The van der Waals surface area contributed by atoms with E-state index in [1.54, 1.807) is 41.8 Å². The Hall–Kier alpha value is -3.11. The normalized spacial score (nSPS) is 11.2. The number of carbonyl (C=O) groups is 1. The summed E-state index contributed by atoms with van der Waals surface area (Å²) < 4.78 is 24.4. The van der Waals surface area contributed by atoms with Crippen molar-refractivity contribution < 1.29 is 18.1 Å². The number of nitrogens with one attached hydrogen (secondary N) is 1. The molecule has 0 fully saturated rings. The van der Waals surface area contributed by atoms with Gasteiger partial charge in [0.05, 0.1) is 22.1 Å². The number of thiazole rings is 1. The van der Waals surface area contributed by atoms with Crippen LogP contribution in [0.5, 0.6) is 0 Å². The van der Waals surface area contributed by atoms with Crippen molar-refractivity contribution >= 4 is 37.9 Å². The Kier molecular flexibility index (Phi) is 6.35. The van der Waals surface area contributed by atoms with Gasteiger partial charge in [0, 0.05) is 29.5 Å². The lowest BCUT2D eigenvalue weighted by Crippen LogP contribution is -2.18. The summed E-state index contributed by atoms with van der Waals surface area (Å²) in [6, 6.07) is 14.7. The Balaban J connectivity index is 1.55. The van der Waals surface area contributed by atoms with Gasteiger partial charge in [0.1, 0.15) is 0 Å². The minimum absolute atomic E-state index is 0.0192. The van der Waals surface area contributed by atoms with E-state index in [2.05, 4.69) is 10.3 Å². The third-order valence-corrected chi connectivity index (χ3v) is 6.35. The van der Waals surface area contributed by atoms with Crippen molar-refractivity contribution in [1.29, 1.82) is 0 Å². The maximum Gasteiger partial charge on any atom is 0.269 e. The molecule has 8 nitrogen and oxygen atoms in total. The molecule has 150 valence electrons. The van der Waals surface area contributed by atoms with Crippen LogP contribution in [0, 0.1) is 10.1 Å². The monoisotopic (exact) mass is 431 g/mol. The number of amides is 1. The molecule has 3 aromatic rings. The van der Waals surface area contributed by atoms with Crippen molar-refractivity contribution in [1.82, 2.24) is 4.98 Å². The SMILES string of the molecule is O=C(CCS(=O)(=O)Cc1ccccc1)Nc1nc(-c2ccc([N+](=O)[O-])cc2)cs1. The zero-order valence-corrected chi connectivity index (χ0v) is 16.8. The van der Waals surface area contributed by atoms with E-state index < -0.39 is 20.7 Å². The van der Waals surface area contributed by atoms with Crippen molar-refractivity contribution in [2.75, 3.05) is 11.1 Å². The minimum atomic E-state index is -3.40.